The van der Waals surface area contributed by atoms with Gasteiger partial charge in [0.1, 0.15) is 5.60 Å². The summed E-state index contributed by atoms with van der Waals surface area (Å²) in [7, 11) is -4.39. The second-order valence-electron chi connectivity index (χ2n) is 4.85. The molecule has 118 valence electrons. The second-order valence-corrected chi connectivity index (χ2v) is 6.58. The predicted molar refractivity (Wildman–Crippen MR) is 67.0 cm³/mol. The topological polar surface area (TPSA) is 75.6 Å². The average Bonchev–Trinajstić information content (AvgIpc) is 2.83. The molecule has 0 saturated carbocycles. The van der Waals surface area contributed by atoms with Gasteiger partial charge < -0.3 is 9.84 Å². The number of alkyl halides is 3. The first-order valence-electron chi connectivity index (χ1n) is 6.10. The molecule has 1 saturated heterocycles. The Morgan fingerprint density at radius 2 is 2.00 bits per heavy atom. The third-order valence-corrected chi connectivity index (χ3v) is 4.62. The van der Waals surface area contributed by atoms with Crippen LogP contribution in [0.3, 0.4) is 0 Å². The Labute approximate surface area is 119 Å². The number of hydrogen-bond donors (Lipinski definition) is 2. The Hall–Kier alpha value is -1.16. The molecule has 1 unspecified atom stereocenters. The van der Waals surface area contributed by atoms with Gasteiger partial charge in [0.15, 0.2) is 0 Å². The number of halogens is 3. The van der Waals surface area contributed by atoms with E-state index in [1.165, 1.54) is 6.07 Å². The molecule has 0 bridgehead atoms. The van der Waals surface area contributed by atoms with Gasteiger partial charge in [-0.2, -0.15) is 13.2 Å². The van der Waals surface area contributed by atoms with Crippen LogP contribution >= 0.6 is 0 Å². The lowest BCUT2D eigenvalue weighted by atomic mass is 10.1. The summed E-state index contributed by atoms with van der Waals surface area (Å²) in [5.41, 5.74) is -2.63. The van der Waals surface area contributed by atoms with Crippen LogP contribution in [0.4, 0.5) is 13.2 Å². The molecule has 1 heterocycles. The highest BCUT2D eigenvalue weighted by atomic mass is 32.2. The van der Waals surface area contributed by atoms with Gasteiger partial charge in [-0.25, -0.2) is 13.1 Å². The third-order valence-electron chi connectivity index (χ3n) is 3.16. The first-order valence-corrected chi connectivity index (χ1v) is 7.58. The minimum atomic E-state index is -4.78. The molecule has 21 heavy (non-hydrogen) atoms. The molecule has 9 heteroatoms. The van der Waals surface area contributed by atoms with Crippen molar-refractivity contribution in [1.82, 2.24) is 4.72 Å². The zero-order valence-corrected chi connectivity index (χ0v) is 11.7. The van der Waals surface area contributed by atoms with Gasteiger partial charge in [-0.3, -0.25) is 0 Å². The Morgan fingerprint density at radius 1 is 1.33 bits per heavy atom. The van der Waals surface area contributed by atoms with E-state index in [1.54, 1.807) is 0 Å². The summed E-state index contributed by atoms with van der Waals surface area (Å²) < 4.78 is 69.5. The second kappa shape index (κ2) is 5.56. The van der Waals surface area contributed by atoms with E-state index in [4.69, 9.17) is 4.74 Å². The van der Waals surface area contributed by atoms with E-state index in [2.05, 4.69) is 0 Å². The Kier molecular flexibility index (Phi) is 4.29. The highest BCUT2D eigenvalue weighted by molar-refractivity contribution is 7.89. The number of aliphatic hydroxyl groups is 1. The van der Waals surface area contributed by atoms with Crippen molar-refractivity contribution in [2.24, 2.45) is 0 Å². The van der Waals surface area contributed by atoms with Crippen molar-refractivity contribution >= 4 is 10.0 Å². The van der Waals surface area contributed by atoms with E-state index in [-0.39, 0.29) is 19.6 Å². The van der Waals surface area contributed by atoms with E-state index in [0.717, 1.165) is 12.1 Å². The average molecular weight is 325 g/mol. The van der Waals surface area contributed by atoms with Crippen molar-refractivity contribution in [2.75, 3.05) is 19.8 Å². The van der Waals surface area contributed by atoms with Crippen molar-refractivity contribution < 1.29 is 31.4 Å². The molecule has 2 N–H and O–H groups in total. The molecular formula is C12H14F3NO4S. The minimum absolute atomic E-state index is 0.0591. The summed E-state index contributed by atoms with van der Waals surface area (Å²) in [6.45, 7) is -0.185. The molecule has 0 amide bonds. The van der Waals surface area contributed by atoms with E-state index in [9.17, 15) is 26.7 Å². The number of nitrogens with one attached hydrogen (secondary N) is 1. The standard InChI is InChI=1S/C12H14F3NO4S/c13-12(14,15)9-3-1-2-4-10(9)21(18,19)16-7-11(17)5-6-20-8-11/h1-4,16-17H,5-8H2. The predicted octanol–water partition coefficient (Wildman–Crippen LogP) is 1.14. The van der Waals surface area contributed by atoms with E-state index >= 15 is 0 Å². The lowest BCUT2D eigenvalue weighted by molar-refractivity contribution is -0.139. The maximum Gasteiger partial charge on any atom is 0.417 e. The van der Waals surface area contributed by atoms with Crippen molar-refractivity contribution in [2.45, 2.75) is 23.1 Å². The van der Waals surface area contributed by atoms with E-state index in [0.29, 0.717) is 6.07 Å². The SMILES string of the molecule is O=S(=O)(NCC1(O)CCOC1)c1ccccc1C(F)(F)F. The molecule has 0 aliphatic carbocycles. The lowest BCUT2D eigenvalue weighted by Gasteiger charge is -2.21. The fraction of sp³-hybridized carbons (Fsp3) is 0.500. The van der Waals surface area contributed by atoms with Gasteiger partial charge in [0.25, 0.3) is 0 Å². The van der Waals surface area contributed by atoms with Crippen molar-refractivity contribution in [3.63, 3.8) is 0 Å². The highest BCUT2D eigenvalue weighted by Gasteiger charge is 2.38. The van der Waals surface area contributed by atoms with Crippen LogP contribution < -0.4 is 4.72 Å². The zero-order valence-electron chi connectivity index (χ0n) is 10.9. The van der Waals surface area contributed by atoms with Crippen molar-refractivity contribution in [3.8, 4) is 0 Å². The minimum Gasteiger partial charge on any atom is -0.386 e. The molecule has 0 aromatic heterocycles. The van der Waals surface area contributed by atoms with Crippen LogP contribution in [0, 0.1) is 0 Å². The molecular weight excluding hydrogens is 311 g/mol. The molecule has 1 atom stereocenters. The molecule has 5 nitrogen and oxygen atoms in total. The van der Waals surface area contributed by atoms with Gasteiger partial charge in [-0.15, -0.1) is 0 Å². The van der Waals surface area contributed by atoms with Gasteiger partial charge in [0.05, 0.1) is 17.1 Å². The van der Waals surface area contributed by atoms with Crippen LogP contribution in [0.1, 0.15) is 12.0 Å². The molecule has 1 aromatic carbocycles. The van der Waals surface area contributed by atoms with Crippen molar-refractivity contribution in [3.05, 3.63) is 29.8 Å². The fourth-order valence-electron chi connectivity index (χ4n) is 1.98. The highest BCUT2D eigenvalue weighted by Crippen LogP contribution is 2.34. The quantitative estimate of drug-likeness (QED) is 0.870. The number of hydrogen-bond acceptors (Lipinski definition) is 4. The van der Waals surface area contributed by atoms with Gasteiger partial charge in [-0.05, 0) is 12.1 Å². The number of rotatable bonds is 4. The Bertz CT molecular complexity index is 609. The monoisotopic (exact) mass is 325 g/mol. The zero-order chi connectivity index (χ0) is 15.7. The van der Waals surface area contributed by atoms with Gasteiger partial charge in [0.2, 0.25) is 10.0 Å². The first-order chi connectivity index (χ1) is 9.64. The van der Waals surface area contributed by atoms with Gasteiger partial charge >= 0.3 is 6.18 Å². The normalized spacial score (nSPS) is 23.4. The van der Waals surface area contributed by atoms with Crippen LogP contribution in [-0.2, 0) is 20.9 Å². The summed E-state index contributed by atoms with van der Waals surface area (Å²) >= 11 is 0. The van der Waals surface area contributed by atoms with Crippen LogP contribution in [0.2, 0.25) is 0 Å². The Balaban J connectivity index is 2.24. The number of benzene rings is 1. The molecule has 2 rings (SSSR count). The van der Waals surface area contributed by atoms with Crippen LogP contribution in [0.5, 0.6) is 0 Å². The first kappa shape index (κ1) is 16.2. The lowest BCUT2D eigenvalue weighted by Crippen LogP contribution is -2.43. The summed E-state index contributed by atoms with van der Waals surface area (Å²) in [4.78, 5) is -0.861. The third kappa shape index (κ3) is 3.73. The maximum atomic E-state index is 12.8. The largest absolute Gasteiger partial charge is 0.417 e. The Morgan fingerprint density at radius 3 is 2.57 bits per heavy atom. The summed E-state index contributed by atoms with van der Waals surface area (Å²) in [6.07, 6.45) is -4.56. The van der Waals surface area contributed by atoms with Crippen LogP contribution in [0.15, 0.2) is 29.2 Å². The number of sulfonamides is 1. The number of ether oxygens (including phenoxy) is 1. The van der Waals surface area contributed by atoms with Gasteiger partial charge in [-0.1, -0.05) is 12.1 Å². The fourth-order valence-corrected chi connectivity index (χ4v) is 3.32. The van der Waals surface area contributed by atoms with Crippen molar-refractivity contribution in [1.29, 1.82) is 0 Å². The summed E-state index contributed by atoms with van der Waals surface area (Å²) in [5.74, 6) is 0. The molecule has 1 aliphatic rings. The molecule has 0 radical (unpaired) electrons. The molecule has 1 fully saturated rings. The van der Waals surface area contributed by atoms with E-state index < -0.39 is 38.8 Å². The van der Waals surface area contributed by atoms with E-state index in [1.807, 2.05) is 4.72 Å². The smallest absolute Gasteiger partial charge is 0.386 e. The van der Waals surface area contributed by atoms with Gasteiger partial charge in [0, 0.05) is 19.6 Å². The van der Waals surface area contributed by atoms with Crippen LogP contribution in [-0.4, -0.2) is 38.9 Å². The van der Waals surface area contributed by atoms with Crippen LogP contribution in [0.25, 0.3) is 0 Å². The molecule has 1 aromatic rings. The maximum absolute atomic E-state index is 12.8. The molecule has 0 spiro atoms. The summed E-state index contributed by atoms with van der Waals surface area (Å²) in [6, 6.07) is 3.89. The molecule has 1 aliphatic heterocycles. The summed E-state index contributed by atoms with van der Waals surface area (Å²) in [5, 5.41) is 9.96.